The minimum atomic E-state index is -1.71. The molecule has 4 N–H and O–H groups in total. The minimum absolute atomic E-state index is 0.826. The molecule has 0 aromatic heterocycles. The first-order valence-corrected chi connectivity index (χ1v) is 3.79. The molecule has 1 fully saturated rings. The summed E-state index contributed by atoms with van der Waals surface area (Å²) in [6, 6.07) is 0. The monoisotopic (exact) mass is 192 g/mol. The molecule has 6 nitrogen and oxygen atoms in total. The number of carbonyl (C=O) groups excluding carboxylic acids is 1. The van der Waals surface area contributed by atoms with Gasteiger partial charge in [0.15, 0.2) is 5.78 Å². The molecule has 0 heterocycles. The van der Waals surface area contributed by atoms with Crippen molar-refractivity contribution >= 4 is 5.78 Å². The van der Waals surface area contributed by atoms with Crippen LogP contribution in [0.4, 0.5) is 0 Å². The molecule has 0 saturated heterocycles. The van der Waals surface area contributed by atoms with E-state index >= 15 is 0 Å². The molecule has 4 unspecified atom stereocenters. The molecule has 0 bridgehead atoms. The molecule has 1 saturated carbocycles. The maximum absolute atomic E-state index is 11.1. The van der Waals surface area contributed by atoms with E-state index in [4.69, 9.17) is 15.3 Å². The van der Waals surface area contributed by atoms with E-state index in [1.807, 2.05) is 0 Å². The first-order chi connectivity index (χ1) is 6.00. The molecule has 1 aliphatic carbocycles. The molecule has 0 aromatic rings. The van der Waals surface area contributed by atoms with Crippen LogP contribution in [0.1, 0.15) is 0 Å². The maximum atomic E-state index is 11.1. The summed E-state index contributed by atoms with van der Waals surface area (Å²) in [4.78, 5) is 11.1. The third kappa shape index (κ3) is 1.59. The summed E-state index contributed by atoms with van der Waals surface area (Å²) in [5, 5.41) is 36.5. The molecule has 1 aliphatic rings. The molecule has 0 amide bonds. The zero-order valence-electron chi connectivity index (χ0n) is 6.99. The second-order valence-electron chi connectivity index (χ2n) is 2.98. The lowest BCUT2D eigenvalue weighted by Crippen LogP contribution is -2.62. The highest BCUT2D eigenvalue weighted by Gasteiger charge is 2.48. The molecule has 0 spiro atoms. The summed E-state index contributed by atoms with van der Waals surface area (Å²) in [7, 11) is 1.17. The fourth-order valence-electron chi connectivity index (χ4n) is 1.33. The van der Waals surface area contributed by atoms with Crippen LogP contribution in [0.3, 0.4) is 0 Å². The van der Waals surface area contributed by atoms with Crippen molar-refractivity contribution in [3.05, 3.63) is 0 Å². The smallest absolute Gasteiger partial charge is 0.195 e. The Kier molecular flexibility index (Phi) is 2.99. The normalized spacial score (nSPS) is 46.5. The van der Waals surface area contributed by atoms with Crippen molar-refractivity contribution in [2.45, 2.75) is 30.5 Å². The molecule has 13 heavy (non-hydrogen) atoms. The second-order valence-corrected chi connectivity index (χ2v) is 2.98. The number of aliphatic hydroxyl groups excluding tert-OH is 4. The van der Waals surface area contributed by atoms with E-state index in [0.29, 0.717) is 0 Å². The number of Topliss-reactive ketones (excluding diaryl/α,β-unsaturated/α-hetero) is 1. The van der Waals surface area contributed by atoms with Gasteiger partial charge in [0, 0.05) is 7.11 Å². The van der Waals surface area contributed by atoms with Gasteiger partial charge in [-0.2, -0.15) is 0 Å². The summed E-state index contributed by atoms with van der Waals surface area (Å²) in [5.74, 6) is -0.826. The highest BCUT2D eigenvalue weighted by molar-refractivity contribution is 5.89. The highest BCUT2D eigenvalue weighted by Crippen LogP contribution is 2.19. The Hall–Kier alpha value is -0.530. The van der Waals surface area contributed by atoms with Gasteiger partial charge in [-0.25, -0.2) is 0 Å². The molecule has 0 aliphatic heterocycles. The average molecular weight is 192 g/mol. The van der Waals surface area contributed by atoms with Crippen LogP contribution in [0.2, 0.25) is 0 Å². The SMILES string of the molecule is COC1C(=O)C(O)C(O)[C@H](O)C1O. The van der Waals surface area contributed by atoms with Crippen molar-refractivity contribution in [1.82, 2.24) is 0 Å². The summed E-state index contributed by atoms with van der Waals surface area (Å²) in [5.41, 5.74) is 0. The largest absolute Gasteiger partial charge is 0.387 e. The van der Waals surface area contributed by atoms with Crippen LogP contribution < -0.4 is 0 Å². The van der Waals surface area contributed by atoms with Crippen LogP contribution >= 0.6 is 0 Å². The number of carbonyl (C=O) groups is 1. The molecular formula is C7H12O6. The summed E-state index contributed by atoms with van der Waals surface area (Å²) in [6.45, 7) is 0. The molecule has 6 heteroatoms. The Morgan fingerprint density at radius 3 is 2.08 bits per heavy atom. The van der Waals surface area contributed by atoms with E-state index in [9.17, 15) is 9.90 Å². The standard InChI is InChI=1S/C7H12O6/c1-13-7-5(11)3(9)2(8)4(10)6(7)12/h2-5,7-11H,1H3/t2?,3-,4?,5?,7?/m0/s1. The maximum Gasteiger partial charge on any atom is 0.195 e. The molecule has 1 rings (SSSR count). The molecule has 0 radical (unpaired) electrons. The summed E-state index contributed by atoms with van der Waals surface area (Å²) < 4.78 is 4.57. The predicted molar refractivity (Wildman–Crippen MR) is 39.8 cm³/mol. The van der Waals surface area contributed by atoms with Crippen LogP contribution in [0.15, 0.2) is 0 Å². The van der Waals surface area contributed by atoms with Crippen molar-refractivity contribution in [2.75, 3.05) is 7.11 Å². The lowest BCUT2D eigenvalue weighted by atomic mass is 9.86. The molecule has 76 valence electrons. The molecule has 5 atom stereocenters. The Morgan fingerprint density at radius 2 is 1.62 bits per heavy atom. The van der Waals surface area contributed by atoms with E-state index in [-0.39, 0.29) is 0 Å². The predicted octanol–water partition coefficient (Wildman–Crippen LogP) is -2.97. The highest BCUT2D eigenvalue weighted by atomic mass is 16.5. The fraction of sp³-hybridized carbons (Fsp3) is 0.857. The van der Waals surface area contributed by atoms with Gasteiger partial charge >= 0.3 is 0 Å². The number of rotatable bonds is 1. The van der Waals surface area contributed by atoms with Gasteiger partial charge < -0.3 is 25.2 Å². The number of ether oxygens (including phenoxy) is 1. The minimum Gasteiger partial charge on any atom is -0.387 e. The first kappa shape index (κ1) is 10.6. The molecular weight excluding hydrogens is 180 g/mol. The Balaban J connectivity index is 2.85. The van der Waals surface area contributed by atoms with E-state index in [1.165, 1.54) is 7.11 Å². The Labute approximate surface area is 74.4 Å². The summed E-state index contributed by atoms with van der Waals surface area (Å²) in [6.07, 6.45) is -7.72. The van der Waals surface area contributed by atoms with Crippen molar-refractivity contribution in [1.29, 1.82) is 0 Å². The third-order valence-corrected chi connectivity index (χ3v) is 2.16. The number of ketones is 1. The van der Waals surface area contributed by atoms with E-state index < -0.39 is 36.3 Å². The zero-order valence-corrected chi connectivity index (χ0v) is 6.99. The van der Waals surface area contributed by atoms with Gasteiger partial charge in [0.05, 0.1) is 0 Å². The summed E-state index contributed by atoms with van der Waals surface area (Å²) >= 11 is 0. The van der Waals surface area contributed by atoms with Crippen molar-refractivity contribution in [3.63, 3.8) is 0 Å². The van der Waals surface area contributed by atoms with Crippen LogP contribution in [-0.4, -0.2) is 63.8 Å². The average Bonchev–Trinajstić information content (AvgIpc) is 2.13. The molecule has 0 aromatic carbocycles. The van der Waals surface area contributed by atoms with Gasteiger partial charge in [0.25, 0.3) is 0 Å². The fourth-order valence-corrected chi connectivity index (χ4v) is 1.33. The van der Waals surface area contributed by atoms with Gasteiger partial charge in [0.1, 0.15) is 30.5 Å². The first-order valence-electron chi connectivity index (χ1n) is 3.79. The van der Waals surface area contributed by atoms with Gasteiger partial charge in [-0.05, 0) is 0 Å². The van der Waals surface area contributed by atoms with Crippen LogP contribution in [0, 0.1) is 0 Å². The number of aliphatic hydroxyl groups is 4. The van der Waals surface area contributed by atoms with Gasteiger partial charge in [-0.3, -0.25) is 4.79 Å². The Bertz CT molecular complexity index is 205. The van der Waals surface area contributed by atoms with Gasteiger partial charge in [-0.1, -0.05) is 0 Å². The number of methoxy groups -OCH3 is 1. The van der Waals surface area contributed by atoms with Crippen molar-refractivity contribution in [2.24, 2.45) is 0 Å². The van der Waals surface area contributed by atoms with Crippen molar-refractivity contribution < 1.29 is 30.0 Å². The van der Waals surface area contributed by atoms with Crippen LogP contribution in [0.25, 0.3) is 0 Å². The van der Waals surface area contributed by atoms with Crippen LogP contribution in [-0.2, 0) is 9.53 Å². The Morgan fingerprint density at radius 1 is 1.08 bits per heavy atom. The topological polar surface area (TPSA) is 107 Å². The quantitative estimate of drug-likeness (QED) is 0.353. The van der Waals surface area contributed by atoms with E-state index in [1.54, 1.807) is 0 Å². The second kappa shape index (κ2) is 3.69. The van der Waals surface area contributed by atoms with Gasteiger partial charge in [0.2, 0.25) is 0 Å². The van der Waals surface area contributed by atoms with Crippen LogP contribution in [0.5, 0.6) is 0 Å². The number of hydrogen-bond acceptors (Lipinski definition) is 6. The number of hydrogen-bond donors (Lipinski definition) is 4. The third-order valence-electron chi connectivity index (χ3n) is 2.16. The van der Waals surface area contributed by atoms with E-state index in [2.05, 4.69) is 4.74 Å². The lowest BCUT2D eigenvalue weighted by molar-refractivity contribution is -0.189. The lowest BCUT2D eigenvalue weighted by Gasteiger charge is -2.35. The van der Waals surface area contributed by atoms with E-state index in [0.717, 1.165) is 0 Å². The van der Waals surface area contributed by atoms with Gasteiger partial charge in [-0.15, -0.1) is 0 Å². The zero-order chi connectivity index (χ0) is 10.2. The van der Waals surface area contributed by atoms with Crippen molar-refractivity contribution in [3.8, 4) is 0 Å².